The van der Waals surface area contributed by atoms with Crippen molar-refractivity contribution in [3.8, 4) is 0 Å². The van der Waals surface area contributed by atoms with Gasteiger partial charge in [0.1, 0.15) is 0 Å². The Hall–Kier alpha value is -1.60. The van der Waals surface area contributed by atoms with Crippen LogP contribution in [0.3, 0.4) is 0 Å². The van der Waals surface area contributed by atoms with E-state index in [0.29, 0.717) is 12.1 Å². The van der Waals surface area contributed by atoms with E-state index >= 15 is 0 Å². The Balaban J connectivity index is 2.06. The third-order valence-corrected chi connectivity index (χ3v) is 5.74. The predicted molar refractivity (Wildman–Crippen MR) is 74.0 cm³/mol. The molecule has 7 heteroatoms. The van der Waals surface area contributed by atoms with E-state index in [2.05, 4.69) is 4.98 Å². The summed E-state index contributed by atoms with van der Waals surface area (Å²) in [6.07, 6.45) is 2.59. The van der Waals surface area contributed by atoms with Crippen LogP contribution in [-0.4, -0.2) is 30.3 Å². The van der Waals surface area contributed by atoms with Gasteiger partial charge in [0, 0.05) is 18.7 Å². The fourth-order valence-electron chi connectivity index (χ4n) is 2.76. The summed E-state index contributed by atoms with van der Waals surface area (Å²) in [5, 5.41) is 0. The van der Waals surface area contributed by atoms with Crippen molar-refractivity contribution in [2.24, 2.45) is 0 Å². The molecule has 3 rings (SSSR count). The van der Waals surface area contributed by atoms with Crippen molar-refractivity contribution in [1.29, 1.82) is 0 Å². The average molecular weight is 296 g/mol. The van der Waals surface area contributed by atoms with Crippen LogP contribution in [0.1, 0.15) is 26.2 Å². The molecule has 2 aromatic rings. The molecular weight excluding hydrogens is 280 g/mol. The molecule has 0 bridgehead atoms. The molecule has 1 N–H and O–H groups in total. The number of hydrogen-bond acceptors (Lipinski definition) is 4. The Bertz CT molecular complexity index is 790. The zero-order valence-corrected chi connectivity index (χ0v) is 11.9. The summed E-state index contributed by atoms with van der Waals surface area (Å²) in [5.41, 5.74) is 0.769. The van der Waals surface area contributed by atoms with Crippen LogP contribution in [0, 0.1) is 0 Å². The molecular formula is C13H16N2O4S. The molecule has 1 fully saturated rings. The van der Waals surface area contributed by atoms with Crippen LogP contribution in [-0.2, 0) is 10.0 Å². The largest absolute Gasteiger partial charge is 0.417 e. The standard InChI is InChI=1S/C13H16N2O4S/c1-2-9-4-3-7-15(9)20(17,18)10-5-6-11-12(8-10)19-13(16)14-11/h5-6,8-9H,2-4,7H2,1H3,(H,14,16). The summed E-state index contributed by atoms with van der Waals surface area (Å²) < 4.78 is 31.8. The number of sulfonamides is 1. The molecule has 0 aliphatic carbocycles. The molecule has 1 aromatic heterocycles. The minimum atomic E-state index is -3.52. The van der Waals surface area contributed by atoms with Crippen molar-refractivity contribution in [1.82, 2.24) is 9.29 Å². The van der Waals surface area contributed by atoms with Crippen LogP contribution >= 0.6 is 0 Å². The number of rotatable bonds is 3. The normalized spacial score (nSPS) is 20.8. The number of nitrogens with one attached hydrogen (secondary N) is 1. The molecule has 2 heterocycles. The summed E-state index contributed by atoms with van der Waals surface area (Å²) in [6, 6.07) is 4.54. The SMILES string of the molecule is CCC1CCCN1S(=O)(=O)c1ccc2[nH]c(=O)oc2c1. The van der Waals surface area contributed by atoms with Gasteiger partial charge in [0.05, 0.1) is 10.4 Å². The maximum Gasteiger partial charge on any atom is 0.417 e. The number of oxazole rings is 1. The van der Waals surface area contributed by atoms with E-state index < -0.39 is 15.8 Å². The van der Waals surface area contributed by atoms with Gasteiger partial charge < -0.3 is 4.42 Å². The first-order chi connectivity index (χ1) is 9.52. The fraction of sp³-hybridized carbons (Fsp3) is 0.462. The molecule has 1 unspecified atom stereocenters. The Labute approximate surface area is 116 Å². The summed E-state index contributed by atoms with van der Waals surface area (Å²) in [4.78, 5) is 13.8. The van der Waals surface area contributed by atoms with Gasteiger partial charge in [-0.2, -0.15) is 4.31 Å². The average Bonchev–Trinajstić information content (AvgIpc) is 3.02. The van der Waals surface area contributed by atoms with E-state index in [9.17, 15) is 13.2 Å². The number of fused-ring (bicyclic) bond motifs is 1. The van der Waals surface area contributed by atoms with Gasteiger partial charge >= 0.3 is 5.76 Å². The first kappa shape index (κ1) is 13.4. The molecule has 0 radical (unpaired) electrons. The number of hydrogen-bond donors (Lipinski definition) is 1. The Morgan fingerprint density at radius 3 is 3.00 bits per heavy atom. The molecule has 1 aromatic carbocycles. The summed E-state index contributed by atoms with van der Waals surface area (Å²) in [7, 11) is -3.52. The lowest BCUT2D eigenvalue weighted by Crippen LogP contribution is -2.35. The lowest BCUT2D eigenvalue weighted by atomic mass is 10.2. The van der Waals surface area contributed by atoms with Crippen LogP contribution in [0.2, 0.25) is 0 Å². The van der Waals surface area contributed by atoms with Crippen LogP contribution in [0.4, 0.5) is 0 Å². The first-order valence-electron chi connectivity index (χ1n) is 6.67. The van der Waals surface area contributed by atoms with Gasteiger partial charge in [-0.15, -0.1) is 0 Å². The van der Waals surface area contributed by atoms with E-state index in [1.165, 1.54) is 12.1 Å². The Morgan fingerprint density at radius 2 is 2.25 bits per heavy atom. The molecule has 108 valence electrons. The van der Waals surface area contributed by atoms with E-state index in [0.717, 1.165) is 19.3 Å². The van der Waals surface area contributed by atoms with E-state index in [1.54, 1.807) is 10.4 Å². The van der Waals surface area contributed by atoms with Crippen molar-refractivity contribution < 1.29 is 12.8 Å². The molecule has 6 nitrogen and oxygen atoms in total. The maximum absolute atomic E-state index is 12.7. The third-order valence-electron chi connectivity index (χ3n) is 3.79. The van der Waals surface area contributed by atoms with Gasteiger partial charge in [-0.05, 0) is 31.4 Å². The molecule has 0 spiro atoms. The van der Waals surface area contributed by atoms with Crippen LogP contribution in [0.15, 0.2) is 32.3 Å². The lowest BCUT2D eigenvalue weighted by Gasteiger charge is -2.22. The highest BCUT2D eigenvalue weighted by Gasteiger charge is 2.34. The quantitative estimate of drug-likeness (QED) is 0.934. The minimum absolute atomic E-state index is 0.0638. The second-order valence-electron chi connectivity index (χ2n) is 4.99. The van der Waals surface area contributed by atoms with Crippen LogP contribution in [0.25, 0.3) is 11.1 Å². The Kier molecular flexibility index (Phi) is 3.18. The molecule has 20 heavy (non-hydrogen) atoms. The number of benzene rings is 1. The van der Waals surface area contributed by atoms with Crippen molar-refractivity contribution >= 4 is 21.1 Å². The molecule has 1 atom stereocenters. The topological polar surface area (TPSA) is 83.4 Å². The lowest BCUT2D eigenvalue weighted by molar-refractivity contribution is 0.379. The molecule has 1 aliphatic rings. The van der Waals surface area contributed by atoms with Crippen LogP contribution < -0.4 is 5.76 Å². The van der Waals surface area contributed by atoms with Crippen LogP contribution in [0.5, 0.6) is 0 Å². The minimum Gasteiger partial charge on any atom is -0.408 e. The first-order valence-corrected chi connectivity index (χ1v) is 8.11. The maximum atomic E-state index is 12.7. The van der Waals surface area contributed by atoms with Gasteiger partial charge in [-0.25, -0.2) is 13.2 Å². The van der Waals surface area contributed by atoms with E-state index in [4.69, 9.17) is 4.42 Å². The number of aromatic amines is 1. The molecule has 1 saturated heterocycles. The van der Waals surface area contributed by atoms with Crippen molar-refractivity contribution in [2.45, 2.75) is 37.1 Å². The van der Waals surface area contributed by atoms with Gasteiger partial charge in [0.25, 0.3) is 0 Å². The fourth-order valence-corrected chi connectivity index (χ4v) is 4.54. The smallest absolute Gasteiger partial charge is 0.408 e. The molecule has 0 saturated carbocycles. The summed E-state index contributed by atoms with van der Waals surface area (Å²) >= 11 is 0. The second kappa shape index (κ2) is 4.75. The van der Waals surface area contributed by atoms with Gasteiger partial charge in [0.15, 0.2) is 5.58 Å². The highest BCUT2D eigenvalue weighted by atomic mass is 32.2. The number of aromatic nitrogens is 1. The number of H-pyrrole nitrogens is 1. The third kappa shape index (κ3) is 2.06. The van der Waals surface area contributed by atoms with E-state index in [1.807, 2.05) is 6.92 Å². The number of nitrogens with zero attached hydrogens (tertiary/aromatic N) is 1. The predicted octanol–water partition coefficient (Wildman–Crippen LogP) is 1.68. The monoisotopic (exact) mass is 296 g/mol. The van der Waals surface area contributed by atoms with Crippen molar-refractivity contribution in [3.05, 3.63) is 28.7 Å². The zero-order valence-electron chi connectivity index (χ0n) is 11.1. The van der Waals surface area contributed by atoms with E-state index in [-0.39, 0.29) is 16.5 Å². The van der Waals surface area contributed by atoms with Gasteiger partial charge in [0.2, 0.25) is 10.0 Å². The molecule has 0 amide bonds. The highest BCUT2D eigenvalue weighted by molar-refractivity contribution is 7.89. The van der Waals surface area contributed by atoms with Crippen molar-refractivity contribution in [3.63, 3.8) is 0 Å². The van der Waals surface area contributed by atoms with Gasteiger partial charge in [-0.3, -0.25) is 4.98 Å². The zero-order chi connectivity index (χ0) is 14.3. The molecule has 1 aliphatic heterocycles. The summed E-state index contributed by atoms with van der Waals surface area (Å²) in [5.74, 6) is -0.581. The second-order valence-corrected chi connectivity index (χ2v) is 6.88. The Morgan fingerprint density at radius 1 is 1.45 bits per heavy atom. The van der Waals surface area contributed by atoms with Crippen molar-refractivity contribution in [2.75, 3.05) is 6.54 Å². The van der Waals surface area contributed by atoms with Gasteiger partial charge in [-0.1, -0.05) is 6.92 Å². The summed E-state index contributed by atoms with van der Waals surface area (Å²) in [6.45, 7) is 2.54. The highest BCUT2D eigenvalue weighted by Crippen LogP contribution is 2.28.